The van der Waals surface area contributed by atoms with Crippen LogP contribution in [-0.4, -0.2) is 35.4 Å². The average molecular weight is 561 g/mol. The van der Waals surface area contributed by atoms with Crippen molar-refractivity contribution < 1.29 is 14.3 Å². The van der Waals surface area contributed by atoms with E-state index in [0.717, 1.165) is 16.5 Å². The summed E-state index contributed by atoms with van der Waals surface area (Å²) in [6.07, 6.45) is 0.812. The van der Waals surface area contributed by atoms with Gasteiger partial charge >= 0.3 is 0 Å². The quantitative estimate of drug-likeness (QED) is 0.436. The Balaban J connectivity index is 2.16. The van der Waals surface area contributed by atoms with Crippen LogP contribution in [0.25, 0.3) is 0 Å². The summed E-state index contributed by atoms with van der Waals surface area (Å²) in [5.74, 6) is 0.0297. The van der Waals surface area contributed by atoms with E-state index < -0.39 is 6.04 Å². The first-order valence-corrected chi connectivity index (χ1v) is 11.6. The highest BCUT2D eigenvalue weighted by molar-refractivity contribution is 9.10. The molecule has 2 amide bonds. The summed E-state index contributed by atoms with van der Waals surface area (Å²) in [4.78, 5) is 27.3. The van der Waals surface area contributed by atoms with Gasteiger partial charge in [-0.05, 0) is 72.1 Å². The van der Waals surface area contributed by atoms with Gasteiger partial charge in [0.25, 0.3) is 5.91 Å². The van der Waals surface area contributed by atoms with Crippen LogP contribution >= 0.6 is 43.5 Å². The fourth-order valence-corrected chi connectivity index (χ4v) is 3.71. The molecule has 0 fully saturated rings. The molecule has 0 aliphatic rings. The first-order chi connectivity index (χ1) is 14.2. The number of halogens is 3. The van der Waals surface area contributed by atoms with Crippen LogP contribution in [-0.2, 0) is 16.1 Å². The van der Waals surface area contributed by atoms with Gasteiger partial charge in [0.15, 0.2) is 6.61 Å². The standard InChI is InChI=1S/C22H25Br2ClN2O3/c1-4-14(2)26-22(29)15(3)27(12-16-5-7-17(23)8-6-16)21(28)13-30-20-10-9-18(25)11-19(20)24/h5-11,14-15H,4,12-13H2,1-3H3,(H,26,29)/t14-,15-/m0/s1. The third-order valence-corrected chi connectivity index (χ3v) is 6.06. The predicted octanol–water partition coefficient (Wildman–Crippen LogP) is 5.58. The van der Waals surface area contributed by atoms with Crippen LogP contribution in [0.2, 0.25) is 5.02 Å². The van der Waals surface area contributed by atoms with Crippen molar-refractivity contribution >= 4 is 55.3 Å². The molecule has 30 heavy (non-hydrogen) atoms. The minimum absolute atomic E-state index is 0.0332. The third-order valence-electron chi connectivity index (χ3n) is 4.68. The van der Waals surface area contributed by atoms with Gasteiger partial charge in [0.2, 0.25) is 5.91 Å². The summed E-state index contributed by atoms with van der Waals surface area (Å²) in [6.45, 7) is 5.77. The minimum atomic E-state index is -0.646. The third kappa shape index (κ3) is 7.29. The number of hydrogen-bond donors (Lipinski definition) is 1. The number of carbonyl (C=O) groups excluding carboxylic acids is 2. The zero-order valence-electron chi connectivity index (χ0n) is 17.1. The highest BCUT2D eigenvalue weighted by Gasteiger charge is 2.27. The van der Waals surface area contributed by atoms with E-state index in [9.17, 15) is 9.59 Å². The van der Waals surface area contributed by atoms with Crippen molar-refractivity contribution in [3.05, 3.63) is 62.0 Å². The molecule has 1 N–H and O–H groups in total. The lowest BCUT2D eigenvalue weighted by Crippen LogP contribution is -2.50. The van der Waals surface area contributed by atoms with Gasteiger partial charge in [-0.1, -0.05) is 46.6 Å². The first kappa shape index (κ1) is 24.7. The number of nitrogens with zero attached hydrogens (tertiary/aromatic N) is 1. The Morgan fingerprint density at radius 2 is 1.80 bits per heavy atom. The van der Waals surface area contributed by atoms with Crippen molar-refractivity contribution in [1.29, 1.82) is 0 Å². The van der Waals surface area contributed by atoms with Crippen LogP contribution in [0.4, 0.5) is 0 Å². The zero-order valence-corrected chi connectivity index (χ0v) is 21.1. The fraction of sp³-hybridized carbons (Fsp3) is 0.364. The summed E-state index contributed by atoms with van der Waals surface area (Å²) >= 11 is 12.7. The van der Waals surface area contributed by atoms with Gasteiger partial charge < -0.3 is 15.0 Å². The van der Waals surface area contributed by atoms with Crippen LogP contribution in [0.1, 0.15) is 32.8 Å². The normalized spacial score (nSPS) is 12.7. The molecule has 2 atom stereocenters. The molecule has 2 aromatic carbocycles. The van der Waals surface area contributed by atoms with Crippen molar-refractivity contribution in [1.82, 2.24) is 10.2 Å². The molecule has 0 spiro atoms. The van der Waals surface area contributed by atoms with Gasteiger partial charge in [-0.15, -0.1) is 0 Å². The first-order valence-electron chi connectivity index (χ1n) is 9.63. The molecule has 162 valence electrons. The van der Waals surface area contributed by atoms with Gasteiger partial charge in [0, 0.05) is 22.1 Å². The number of nitrogens with one attached hydrogen (secondary N) is 1. The van der Waals surface area contributed by atoms with Crippen LogP contribution in [0, 0.1) is 0 Å². The van der Waals surface area contributed by atoms with Crippen LogP contribution in [0.5, 0.6) is 5.75 Å². The van der Waals surface area contributed by atoms with Crippen LogP contribution in [0.15, 0.2) is 51.4 Å². The molecule has 2 aromatic rings. The van der Waals surface area contributed by atoms with E-state index in [1.54, 1.807) is 25.1 Å². The lowest BCUT2D eigenvalue weighted by Gasteiger charge is -2.29. The van der Waals surface area contributed by atoms with Crippen molar-refractivity contribution in [3.8, 4) is 5.75 Å². The van der Waals surface area contributed by atoms with E-state index in [4.69, 9.17) is 16.3 Å². The summed E-state index contributed by atoms with van der Waals surface area (Å²) in [6, 6.07) is 12.1. The highest BCUT2D eigenvalue weighted by Crippen LogP contribution is 2.28. The number of carbonyl (C=O) groups is 2. The molecule has 2 rings (SSSR count). The Bertz CT molecular complexity index is 877. The monoisotopic (exact) mass is 558 g/mol. The van der Waals surface area contributed by atoms with Gasteiger partial charge in [-0.25, -0.2) is 0 Å². The van der Waals surface area contributed by atoms with E-state index in [-0.39, 0.29) is 24.5 Å². The van der Waals surface area contributed by atoms with Gasteiger partial charge in [-0.3, -0.25) is 9.59 Å². The molecule has 5 nitrogen and oxygen atoms in total. The number of rotatable bonds is 9. The fourth-order valence-electron chi connectivity index (χ4n) is 2.65. The lowest BCUT2D eigenvalue weighted by molar-refractivity contribution is -0.142. The second-order valence-corrected chi connectivity index (χ2v) is 9.21. The highest BCUT2D eigenvalue weighted by atomic mass is 79.9. The molecule has 0 aliphatic carbocycles. The molecule has 0 saturated heterocycles. The Morgan fingerprint density at radius 3 is 2.40 bits per heavy atom. The van der Waals surface area contributed by atoms with E-state index in [1.165, 1.54) is 4.90 Å². The molecule has 8 heteroatoms. The Labute approximate surface area is 199 Å². The van der Waals surface area contributed by atoms with Crippen LogP contribution in [0.3, 0.4) is 0 Å². The second kappa shape index (κ2) is 11.7. The summed E-state index contributed by atoms with van der Waals surface area (Å²) in [7, 11) is 0. The SMILES string of the molecule is CC[C@H](C)NC(=O)[C@H](C)N(Cc1ccc(Br)cc1)C(=O)COc1ccc(Cl)cc1Br. The molecular formula is C22H25Br2ClN2O3. The second-order valence-electron chi connectivity index (χ2n) is 7.01. The maximum Gasteiger partial charge on any atom is 0.261 e. The summed E-state index contributed by atoms with van der Waals surface area (Å²) in [5, 5.41) is 3.51. The van der Waals surface area contributed by atoms with E-state index in [1.807, 2.05) is 38.1 Å². The molecule has 0 bridgehead atoms. The number of ether oxygens (including phenoxy) is 1. The van der Waals surface area contributed by atoms with Gasteiger partial charge in [-0.2, -0.15) is 0 Å². The largest absolute Gasteiger partial charge is 0.483 e. The van der Waals surface area contributed by atoms with Crippen molar-refractivity contribution in [2.45, 2.75) is 45.8 Å². The molecular weight excluding hydrogens is 536 g/mol. The number of benzene rings is 2. The Kier molecular flexibility index (Phi) is 9.65. The van der Waals surface area contributed by atoms with Crippen LogP contribution < -0.4 is 10.1 Å². The van der Waals surface area contributed by atoms with Crippen molar-refractivity contribution in [3.63, 3.8) is 0 Å². The molecule has 0 saturated carbocycles. The minimum Gasteiger partial charge on any atom is -0.483 e. The summed E-state index contributed by atoms with van der Waals surface area (Å²) in [5.41, 5.74) is 0.919. The smallest absolute Gasteiger partial charge is 0.261 e. The summed E-state index contributed by atoms with van der Waals surface area (Å²) < 4.78 is 7.29. The lowest BCUT2D eigenvalue weighted by atomic mass is 10.1. The Hall–Kier alpha value is -1.57. The van der Waals surface area contributed by atoms with Crippen molar-refractivity contribution in [2.24, 2.45) is 0 Å². The van der Waals surface area contributed by atoms with Crippen molar-refractivity contribution in [2.75, 3.05) is 6.61 Å². The molecule has 0 unspecified atom stereocenters. The molecule has 0 heterocycles. The molecule has 0 radical (unpaired) electrons. The van der Waals surface area contributed by atoms with E-state index in [2.05, 4.69) is 37.2 Å². The predicted molar refractivity (Wildman–Crippen MR) is 127 cm³/mol. The van der Waals surface area contributed by atoms with E-state index in [0.29, 0.717) is 21.8 Å². The van der Waals surface area contributed by atoms with E-state index >= 15 is 0 Å². The topological polar surface area (TPSA) is 58.6 Å². The molecule has 0 aliphatic heterocycles. The number of amides is 2. The Morgan fingerprint density at radius 1 is 1.13 bits per heavy atom. The zero-order chi connectivity index (χ0) is 22.3. The van der Waals surface area contributed by atoms with Gasteiger partial charge in [0.1, 0.15) is 11.8 Å². The maximum absolute atomic E-state index is 13.0. The maximum atomic E-state index is 13.0. The number of hydrogen-bond acceptors (Lipinski definition) is 3. The van der Waals surface area contributed by atoms with Gasteiger partial charge in [0.05, 0.1) is 4.47 Å². The molecule has 0 aromatic heterocycles. The average Bonchev–Trinajstić information content (AvgIpc) is 2.71.